The number of benzene rings is 1. The molecule has 1 amide bonds. The first-order valence-electron chi connectivity index (χ1n) is 5.15. The number of amides is 1. The van der Waals surface area contributed by atoms with E-state index >= 15 is 0 Å². The fourth-order valence-corrected chi connectivity index (χ4v) is 1.37. The summed E-state index contributed by atoms with van der Waals surface area (Å²) in [4.78, 5) is 15.4. The Labute approximate surface area is 106 Å². The first-order valence-corrected chi connectivity index (χ1v) is 5.15. The van der Waals surface area contributed by atoms with Crippen molar-refractivity contribution >= 4 is 17.3 Å². The van der Waals surface area contributed by atoms with Crippen LogP contribution in [0.5, 0.6) is 0 Å². The summed E-state index contributed by atoms with van der Waals surface area (Å²) in [7, 11) is 0. The number of nitrogens with one attached hydrogen (secondary N) is 1. The van der Waals surface area contributed by atoms with Gasteiger partial charge in [0.15, 0.2) is 11.6 Å². The predicted octanol–water partition coefficient (Wildman–Crippen LogP) is 2.33. The number of aromatic nitrogens is 1. The number of nitrogen functional groups attached to an aromatic ring is 1. The van der Waals surface area contributed by atoms with Gasteiger partial charge in [0.25, 0.3) is 5.91 Å². The lowest BCUT2D eigenvalue weighted by Gasteiger charge is -2.07. The molecule has 0 atom stereocenters. The number of hydrogen-bond donors (Lipinski definition) is 2. The molecule has 0 unspecified atom stereocenters. The van der Waals surface area contributed by atoms with E-state index in [4.69, 9.17) is 5.73 Å². The minimum atomic E-state index is -1.39. The van der Waals surface area contributed by atoms with Gasteiger partial charge in [-0.2, -0.15) is 0 Å². The average Bonchev–Trinajstić information content (AvgIpc) is 2.36. The highest BCUT2D eigenvalue weighted by atomic mass is 19.2. The van der Waals surface area contributed by atoms with E-state index in [1.54, 1.807) is 0 Å². The van der Waals surface area contributed by atoms with Gasteiger partial charge in [0, 0.05) is 12.1 Å². The van der Waals surface area contributed by atoms with Gasteiger partial charge >= 0.3 is 0 Å². The van der Waals surface area contributed by atoms with Gasteiger partial charge in [-0.3, -0.25) is 4.79 Å². The summed E-state index contributed by atoms with van der Waals surface area (Å²) in [6.07, 6.45) is 1.23. The second kappa shape index (κ2) is 4.97. The quantitative estimate of drug-likeness (QED) is 0.820. The molecule has 0 aliphatic carbocycles. The molecule has 0 bridgehead atoms. The van der Waals surface area contributed by atoms with Crippen molar-refractivity contribution in [2.45, 2.75) is 0 Å². The summed E-state index contributed by atoms with van der Waals surface area (Å²) >= 11 is 0. The Balaban J connectivity index is 2.26. The zero-order valence-corrected chi connectivity index (χ0v) is 9.45. The lowest BCUT2D eigenvalue weighted by atomic mass is 10.2. The second-order valence-electron chi connectivity index (χ2n) is 3.68. The zero-order valence-electron chi connectivity index (χ0n) is 9.45. The molecule has 1 aromatic carbocycles. The normalized spacial score (nSPS) is 10.3. The van der Waals surface area contributed by atoms with Gasteiger partial charge in [-0.15, -0.1) is 0 Å². The standard InChI is InChI=1S/C12H8F3N3O/c13-6-3-8(14)11(15)10(4-6)18-12(19)9-2-1-7(16)5-17-9/h1-5H,16H2,(H,18,19). The lowest BCUT2D eigenvalue weighted by molar-refractivity contribution is 0.102. The van der Waals surface area contributed by atoms with Crippen LogP contribution in [0.25, 0.3) is 0 Å². The molecular weight excluding hydrogens is 259 g/mol. The predicted molar refractivity (Wildman–Crippen MR) is 62.9 cm³/mol. The molecular formula is C12H8F3N3O. The maximum absolute atomic E-state index is 13.3. The average molecular weight is 267 g/mol. The number of carbonyl (C=O) groups excluding carboxylic acids is 1. The summed E-state index contributed by atoms with van der Waals surface area (Å²) in [5.41, 5.74) is 5.08. The molecule has 0 saturated carbocycles. The summed E-state index contributed by atoms with van der Waals surface area (Å²) in [6, 6.07) is 3.78. The van der Waals surface area contributed by atoms with Crippen molar-refractivity contribution in [2.75, 3.05) is 11.1 Å². The Morgan fingerprint density at radius 3 is 2.58 bits per heavy atom. The summed E-state index contributed by atoms with van der Waals surface area (Å²) in [5, 5.41) is 2.03. The third-order valence-electron chi connectivity index (χ3n) is 2.26. The number of nitrogens with zero attached hydrogens (tertiary/aromatic N) is 1. The van der Waals surface area contributed by atoms with Gasteiger partial charge < -0.3 is 11.1 Å². The summed E-state index contributed by atoms with van der Waals surface area (Å²) in [6.45, 7) is 0. The molecule has 0 radical (unpaired) electrons. The number of rotatable bonds is 2. The van der Waals surface area contributed by atoms with E-state index in [-0.39, 0.29) is 5.69 Å². The van der Waals surface area contributed by atoms with E-state index < -0.39 is 29.0 Å². The number of anilines is 2. The van der Waals surface area contributed by atoms with Crippen LogP contribution >= 0.6 is 0 Å². The van der Waals surface area contributed by atoms with Crippen LogP contribution in [0.3, 0.4) is 0 Å². The van der Waals surface area contributed by atoms with Crippen LogP contribution in [0.4, 0.5) is 24.5 Å². The first-order chi connectivity index (χ1) is 8.97. The number of pyridine rings is 1. The van der Waals surface area contributed by atoms with Gasteiger partial charge in [0.1, 0.15) is 11.5 Å². The van der Waals surface area contributed by atoms with Crippen molar-refractivity contribution in [3.63, 3.8) is 0 Å². The van der Waals surface area contributed by atoms with Crippen molar-refractivity contribution < 1.29 is 18.0 Å². The maximum atomic E-state index is 13.3. The molecule has 0 aliphatic rings. The minimum absolute atomic E-state index is 0.0572. The third-order valence-corrected chi connectivity index (χ3v) is 2.26. The van der Waals surface area contributed by atoms with Gasteiger partial charge in [-0.25, -0.2) is 18.2 Å². The largest absolute Gasteiger partial charge is 0.397 e. The first kappa shape index (κ1) is 12.9. The molecule has 98 valence electrons. The van der Waals surface area contributed by atoms with Crippen LogP contribution in [0.2, 0.25) is 0 Å². The highest BCUT2D eigenvalue weighted by Gasteiger charge is 2.15. The van der Waals surface area contributed by atoms with E-state index in [9.17, 15) is 18.0 Å². The fraction of sp³-hybridized carbons (Fsp3) is 0. The summed E-state index contributed by atoms with van der Waals surface area (Å²) < 4.78 is 39.2. The Bertz CT molecular complexity index is 629. The van der Waals surface area contributed by atoms with Gasteiger partial charge in [0.2, 0.25) is 0 Å². The summed E-state index contributed by atoms with van der Waals surface area (Å²) in [5.74, 6) is -4.53. The molecule has 1 aromatic heterocycles. The Morgan fingerprint density at radius 2 is 1.95 bits per heavy atom. The van der Waals surface area contributed by atoms with Gasteiger partial charge in [0.05, 0.1) is 17.6 Å². The molecule has 0 saturated heterocycles. The fourth-order valence-electron chi connectivity index (χ4n) is 1.37. The van der Waals surface area contributed by atoms with Crippen LogP contribution in [-0.4, -0.2) is 10.9 Å². The number of hydrogen-bond acceptors (Lipinski definition) is 3. The zero-order chi connectivity index (χ0) is 14.0. The molecule has 0 spiro atoms. The van der Waals surface area contributed by atoms with Crippen LogP contribution in [0.15, 0.2) is 30.5 Å². The SMILES string of the molecule is Nc1ccc(C(=O)Nc2cc(F)cc(F)c2F)nc1. The number of nitrogens with two attached hydrogens (primary N) is 1. The highest BCUT2D eigenvalue weighted by molar-refractivity contribution is 6.03. The monoisotopic (exact) mass is 267 g/mol. The molecule has 0 aliphatic heterocycles. The maximum Gasteiger partial charge on any atom is 0.274 e. The number of carbonyl (C=O) groups is 1. The van der Waals surface area contributed by atoms with Crippen molar-refractivity contribution in [3.05, 3.63) is 53.6 Å². The Morgan fingerprint density at radius 1 is 1.21 bits per heavy atom. The van der Waals surface area contributed by atoms with Crippen LogP contribution in [0, 0.1) is 17.5 Å². The van der Waals surface area contributed by atoms with Crippen LogP contribution < -0.4 is 11.1 Å². The highest BCUT2D eigenvalue weighted by Crippen LogP contribution is 2.19. The molecule has 2 aromatic rings. The molecule has 19 heavy (non-hydrogen) atoms. The van der Waals surface area contributed by atoms with Crippen molar-refractivity contribution in [3.8, 4) is 0 Å². The molecule has 7 heteroatoms. The number of halogens is 3. The smallest absolute Gasteiger partial charge is 0.274 e. The van der Waals surface area contributed by atoms with Crippen LogP contribution in [-0.2, 0) is 0 Å². The lowest BCUT2D eigenvalue weighted by Crippen LogP contribution is -2.15. The third kappa shape index (κ3) is 2.82. The van der Waals surface area contributed by atoms with Crippen molar-refractivity contribution in [1.29, 1.82) is 0 Å². The van der Waals surface area contributed by atoms with Crippen LogP contribution in [0.1, 0.15) is 10.5 Å². The minimum Gasteiger partial charge on any atom is -0.397 e. The van der Waals surface area contributed by atoms with E-state index in [0.717, 1.165) is 0 Å². The molecule has 0 fully saturated rings. The Hall–Kier alpha value is -2.57. The molecule has 4 nitrogen and oxygen atoms in total. The van der Waals surface area contributed by atoms with E-state index in [0.29, 0.717) is 17.8 Å². The second-order valence-corrected chi connectivity index (χ2v) is 3.68. The van der Waals surface area contributed by atoms with Crippen molar-refractivity contribution in [1.82, 2.24) is 4.98 Å². The van der Waals surface area contributed by atoms with E-state index in [1.807, 2.05) is 5.32 Å². The molecule has 3 N–H and O–H groups in total. The van der Waals surface area contributed by atoms with Crippen molar-refractivity contribution in [2.24, 2.45) is 0 Å². The van der Waals surface area contributed by atoms with Gasteiger partial charge in [-0.05, 0) is 12.1 Å². The Kier molecular flexibility index (Phi) is 3.37. The van der Waals surface area contributed by atoms with E-state index in [1.165, 1.54) is 18.3 Å². The topological polar surface area (TPSA) is 68.0 Å². The molecule has 2 rings (SSSR count). The van der Waals surface area contributed by atoms with E-state index in [2.05, 4.69) is 4.98 Å². The molecule has 1 heterocycles. The van der Waals surface area contributed by atoms with Gasteiger partial charge in [-0.1, -0.05) is 0 Å².